The molecule has 2 N–H and O–H groups in total. The Kier molecular flexibility index (Phi) is 8.33. The molecule has 12 heteroatoms. The number of methoxy groups -OCH3 is 1. The van der Waals surface area contributed by atoms with E-state index in [1.54, 1.807) is 36.4 Å². The molecule has 3 aromatic carbocycles. The van der Waals surface area contributed by atoms with Gasteiger partial charge in [-0.05, 0) is 42.0 Å². The maximum atomic E-state index is 12.4. The van der Waals surface area contributed by atoms with Gasteiger partial charge in [-0.1, -0.05) is 63.7 Å². The number of rotatable bonds is 7. The maximum absolute atomic E-state index is 12.4. The van der Waals surface area contributed by atoms with E-state index in [1.165, 1.54) is 19.4 Å². The van der Waals surface area contributed by atoms with Crippen LogP contribution in [0.25, 0.3) is 10.6 Å². The van der Waals surface area contributed by atoms with Crippen molar-refractivity contribution in [2.75, 3.05) is 12.4 Å². The van der Waals surface area contributed by atoms with Crippen molar-refractivity contribution in [1.29, 1.82) is 0 Å². The van der Waals surface area contributed by atoms with Crippen LogP contribution in [0.2, 0.25) is 0 Å². The number of anilines is 1. The first kappa shape index (κ1) is 25.7. The van der Waals surface area contributed by atoms with E-state index in [4.69, 9.17) is 9.47 Å². The van der Waals surface area contributed by atoms with Gasteiger partial charge >= 0.3 is 17.8 Å². The standard InChI is InChI=1S/C25H18BrN5O5S/c1-35-20-12-15(10-11-19(20)36-24(34)17-8-5-9-18(26)13-17)14-27-29-22(33)21(32)28-25-31-30-23(37-25)16-6-3-2-4-7-16/h2-14H,1H3,(H,29,33)(H,28,31,32)/b27-14+. The molecule has 0 atom stereocenters. The van der Waals surface area contributed by atoms with Crippen LogP contribution in [0, 0.1) is 0 Å². The lowest BCUT2D eigenvalue weighted by Crippen LogP contribution is -2.32. The van der Waals surface area contributed by atoms with Crippen LogP contribution in [-0.4, -0.2) is 41.3 Å². The monoisotopic (exact) mass is 579 g/mol. The van der Waals surface area contributed by atoms with Gasteiger partial charge in [-0.25, -0.2) is 10.2 Å². The van der Waals surface area contributed by atoms with Crippen molar-refractivity contribution < 1.29 is 23.9 Å². The van der Waals surface area contributed by atoms with Crippen LogP contribution in [0.5, 0.6) is 11.5 Å². The summed E-state index contributed by atoms with van der Waals surface area (Å²) in [5, 5.41) is 14.9. The number of ether oxygens (including phenoxy) is 2. The average Bonchev–Trinajstić information content (AvgIpc) is 3.38. The first-order chi connectivity index (χ1) is 17.9. The first-order valence-electron chi connectivity index (χ1n) is 10.6. The highest BCUT2D eigenvalue weighted by atomic mass is 79.9. The average molecular weight is 580 g/mol. The molecule has 0 unspecified atom stereocenters. The predicted molar refractivity (Wildman–Crippen MR) is 142 cm³/mol. The Balaban J connectivity index is 1.33. The van der Waals surface area contributed by atoms with E-state index in [0.29, 0.717) is 16.1 Å². The van der Waals surface area contributed by atoms with Crippen molar-refractivity contribution >= 4 is 56.4 Å². The fourth-order valence-electron chi connectivity index (χ4n) is 2.96. The molecule has 1 aromatic heterocycles. The Morgan fingerprint density at radius 1 is 0.946 bits per heavy atom. The summed E-state index contributed by atoms with van der Waals surface area (Å²) >= 11 is 4.45. The second-order valence-corrected chi connectivity index (χ2v) is 9.14. The van der Waals surface area contributed by atoms with Gasteiger partial charge in [-0.15, -0.1) is 10.2 Å². The van der Waals surface area contributed by atoms with E-state index in [0.717, 1.165) is 21.4 Å². The van der Waals surface area contributed by atoms with E-state index >= 15 is 0 Å². The molecule has 0 spiro atoms. The topological polar surface area (TPSA) is 132 Å². The molecule has 10 nitrogen and oxygen atoms in total. The van der Waals surface area contributed by atoms with Crippen LogP contribution in [0.15, 0.2) is 82.4 Å². The molecule has 0 aliphatic carbocycles. The number of esters is 1. The van der Waals surface area contributed by atoms with E-state index in [9.17, 15) is 14.4 Å². The summed E-state index contributed by atoms with van der Waals surface area (Å²) in [5.74, 6) is -1.99. The molecule has 37 heavy (non-hydrogen) atoms. The SMILES string of the molecule is COc1cc(/C=N/NC(=O)C(=O)Nc2nnc(-c3ccccc3)s2)ccc1OC(=O)c1cccc(Br)c1. The highest BCUT2D eigenvalue weighted by molar-refractivity contribution is 9.10. The molecule has 0 fully saturated rings. The molecule has 0 aliphatic heterocycles. The third-order valence-electron chi connectivity index (χ3n) is 4.70. The summed E-state index contributed by atoms with van der Waals surface area (Å²) in [6.07, 6.45) is 1.31. The van der Waals surface area contributed by atoms with Gasteiger partial charge in [0.15, 0.2) is 11.5 Å². The fraction of sp³-hybridized carbons (Fsp3) is 0.0400. The maximum Gasteiger partial charge on any atom is 0.343 e. The van der Waals surface area contributed by atoms with Gasteiger partial charge in [-0.3, -0.25) is 14.9 Å². The fourth-order valence-corrected chi connectivity index (χ4v) is 4.11. The van der Waals surface area contributed by atoms with Gasteiger partial charge in [0.25, 0.3) is 0 Å². The summed E-state index contributed by atoms with van der Waals surface area (Å²) in [6.45, 7) is 0. The van der Waals surface area contributed by atoms with E-state index < -0.39 is 17.8 Å². The number of hydrazone groups is 1. The molecule has 1 heterocycles. The van der Waals surface area contributed by atoms with Crippen molar-refractivity contribution in [3.05, 3.63) is 88.4 Å². The van der Waals surface area contributed by atoms with Crippen molar-refractivity contribution in [2.24, 2.45) is 5.10 Å². The second-order valence-electron chi connectivity index (χ2n) is 7.24. The highest BCUT2D eigenvalue weighted by Crippen LogP contribution is 2.29. The minimum absolute atomic E-state index is 0.181. The summed E-state index contributed by atoms with van der Waals surface area (Å²) in [6, 6.07) is 20.8. The zero-order valence-electron chi connectivity index (χ0n) is 19.2. The van der Waals surface area contributed by atoms with Crippen LogP contribution in [0.1, 0.15) is 15.9 Å². The molecule has 0 saturated heterocycles. The number of carbonyl (C=O) groups excluding carboxylic acids is 3. The Labute approximate surface area is 223 Å². The van der Waals surface area contributed by atoms with Gasteiger partial charge < -0.3 is 9.47 Å². The molecule has 0 radical (unpaired) electrons. The molecule has 4 rings (SSSR count). The summed E-state index contributed by atoms with van der Waals surface area (Å²) in [4.78, 5) is 36.7. The summed E-state index contributed by atoms with van der Waals surface area (Å²) in [7, 11) is 1.43. The number of hydrogen-bond donors (Lipinski definition) is 2. The number of carbonyl (C=O) groups is 3. The minimum atomic E-state index is -0.987. The van der Waals surface area contributed by atoms with Crippen molar-refractivity contribution in [1.82, 2.24) is 15.6 Å². The van der Waals surface area contributed by atoms with Crippen molar-refractivity contribution in [2.45, 2.75) is 0 Å². The number of halogens is 1. The molecule has 0 bridgehead atoms. The number of amides is 2. The zero-order chi connectivity index (χ0) is 26.2. The second kappa shape index (κ2) is 12.0. The summed E-state index contributed by atoms with van der Waals surface area (Å²) in [5.41, 5.74) is 3.88. The van der Waals surface area contributed by atoms with Crippen LogP contribution in [0.4, 0.5) is 5.13 Å². The third kappa shape index (κ3) is 6.84. The third-order valence-corrected chi connectivity index (χ3v) is 6.08. The molecule has 0 aliphatic rings. The molecular weight excluding hydrogens is 562 g/mol. The van der Waals surface area contributed by atoms with Gasteiger partial charge in [0.2, 0.25) is 5.13 Å². The predicted octanol–water partition coefficient (Wildman–Crippen LogP) is 4.28. The Morgan fingerprint density at radius 3 is 2.51 bits per heavy atom. The summed E-state index contributed by atoms with van der Waals surface area (Å²) < 4.78 is 11.5. The van der Waals surface area contributed by atoms with Crippen LogP contribution in [0.3, 0.4) is 0 Å². The van der Waals surface area contributed by atoms with Crippen LogP contribution in [-0.2, 0) is 9.59 Å². The molecular formula is C25H18BrN5O5S. The normalized spacial score (nSPS) is 10.6. The van der Waals surface area contributed by atoms with E-state index in [1.807, 2.05) is 30.3 Å². The molecule has 4 aromatic rings. The number of benzene rings is 3. The quantitative estimate of drug-likeness (QED) is 0.110. The lowest BCUT2D eigenvalue weighted by molar-refractivity contribution is -0.136. The van der Waals surface area contributed by atoms with Crippen molar-refractivity contribution in [3.63, 3.8) is 0 Å². The van der Waals surface area contributed by atoms with Gasteiger partial charge in [0.1, 0.15) is 5.01 Å². The molecule has 186 valence electrons. The number of nitrogens with zero attached hydrogens (tertiary/aromatic N) is 3. The van der Waals surface area contributed by atoms with Gasteiger partial charge in [0, 0.05) is 10.0 Å². The lowest BCUT2D eigenvalue weighted by Gasteiger charge is -2.10. The van der Waals surface area contributed by atoms with Crippen LogP contribution >= 0.6 is 27.3 Å². The number of nitrogens with one attached hydrogen (secondary N) is 2. The van der Waals surface area contributed by atoms with E-state index in [2.05, 4.69) is 42.0 Å². The minimum Gasteiger partial charge on any atom is -0.493 e. The first-order valence-corrected chi connectivity index (χ1v) is 12.2. The molecule has 2 amide bonds. The zero-order valence-corrected chi connectivity index (χ0v) is 21.6. The number of hydrogen-bond acceptors (Lipinski definition) is 9. The van der Waals surface area contributed by atoms with E-state index in [-0.39, 0.29) is 16.6 Å². The van der Waals surface area contributed by atoms with Gasteiger partial charge in [0.05, 0.1) is 18.9 Å². The Morgan fingerprint density at radius 2 is 1.76 bits per heavy atom. The number of aromatic nitrogens is 2. The van der Waals surface area contributed by atoms with Crippen LogP contribution < -0.4 is 20.2 Å². The Hall–Kier alpha value is -4.42. The molecule has 0 saturated carbocycles. The van der Waals surface area contributed by atoms with Crippen molar-refractivity contribution in [3.8, 4) is 22.1 Å². The Bertz CT molecular complexity index is 1480. The lowest BCUT2D eigenvalue weighted by atomic mass is 10.2. The largest absolute Gasteiger partial charge is 0.493 e. The highest BCUT2D eigenvalue weighted by Gasteiger charge is 2.16. The van der Waals surface area contributed by atoms with Gasteiger partial charge in [-0.2, -0.15) is 5.10 Å². The smallest absolute Gasteiger partial charge is 0.343 e.